The van der Waals surface area contributed by atoms with Crippen molar-refractivity contribution in [2.24, 2.45) is 0 Å². The third-order valence-corrected chi connectivity index (χ3v) is 6.12. The molecule has 0 aliphatic carbocycles. The van der Waals surface area contributed by atoms with Crippen LogP contribution in [-0.2, 0) is 13.2 Å². The molecule has 0 bridgehead atoms. The van der Waals surface area contributed by atoms with Gasteiger partial charge in [0.15, 0.2) is 11.5 Å². The van der Waals surface area contributed by atoms with Gasteiger partial charge in [0.25, 0.3) is 0 Å². The van der Waals surface area contributed by atoms with E-state index in [4.69, 9.17) is 21.1 Å². The van der Waals surface area contributed by atoms with E-state index >= 15 is 0 Å². The fourth-order valence-corrected chi connectivity index (χ4v) is 3.92. The summed E-state index contributed by atoms with van der Waals surface area (Å²) in [5.74, 6) is 1.11. The molecule has 0 spiro atoms. The molecule has 3 rings (SSSR count). The van der Waals surface area contributed by atoms with Gasteiger partial charge in [0.05, 0.1) is 15.2 Å². The lowest BCUT2D eigenvalue weighted by Gasteiger charge is -2.16. The van der Waals surface area contributed by atoms with E-state index in [1.54, 1.807) is 12.1 Å². The molecule has 7 heteroatoms. The topological polar surface area (TPSA) is 30.5 Å². The minimum absolute atomic E-state index is 0.262. The molecule has 0 radical (unpaired) electrons. The van der Waals surface area contributed by atoms with Crippen molar-refractivity contribution in [3.8, 4) is 11.5 Å². The molecular formula is C22H19BrClFINO2. The second kappa shape index (κ2) is 10.5. The Kier molecular flexibility index (Phi) is 8.03. The number of nitrogens with one attached hydrogen (secondary N) is 1. The smallest absolute Gasteiger partial charge is 0.174 e. The Morgan fingerprint density at radius 2 is 1.79 bits per heavy atom. The van der Waals surface area contributed by atoms with Gasteiger partial charge in [0.2, 0.25) is 0 Å². The average molecular weight is 591 g/mol. The summed E-state index contributed by atoms with van der Waals surface area (Å²) in [7, 11) is 0. The highest BCUT2D eigenvalue weighted by atomic mass is 127. The van der Waals surface area contributed by atoms with Gasteiger partial charge in [0.1, 0.15) is 12.4 Å². The summed E-state index contributed by atoms with van der Waals surface area (Å²) >= 11 is 11.8. The van der Waals surface area contributed by atoms with Gasteiger partial charge < -0.3 is 14.8 Å². The lowest BCUT2D eigenvalue weighted by Crippen LogP contribution is -2.05. The molecule has 0 saturated heterocycles. The fraction of sp³-hybridized carbons (Fsp3) is 0.182. The largest absolute Gasteiger partial charge is 0.490 e. The SMILES string of the molecule is CCOc1cc(CNc2ccc(Br)c(Cl)c2)cc(I)c1OCc1ccc(F)cc1. The molecule has 3 aromatic rings. The van der Waals surface area contributed by atoms with Crippen LogP contribution < -0.4 is 14.8 Å². The number of ether oxygens (including phenoxy) is 2. The van der Waals surface area contributed by atoms with Crippen molar-refractivity contribution < 1.29 is 13.9 Å². The normalized spacial score (nSPS) is 10.7. The number of anilines is 1. The maximum Gasteiger partial charge on any atom is 0.174 e. The lowest BCUT2D eigenvalue weighted by molar-refractivity contribution is 0.267. The van der Waals surface area contributed by atoms with Crippen molar-refractivity contribution in [3.05, 3.63) is 84.6 Å². The standard InChI is InChI=1S/C22H19BrClFINO2/c1-2-28-21-10-15(12-27-17-7-8-18(23)19(24)11-17)9-20(26)22(21)29-13-14-3-5-16(25)6-4-14/h3-11,27H,2,12-13H2,1H3. The molecule has 3 aromatic carbocycles. The molecule has 0 fully saturated rings. The van der Waals surface area contributed by atoms with Crippen molar-refractivity contribution in [3.63, 3.8) is 0 Å². The number of halogens is 4. The van der Waals surface area contributed by atoms with Crippen LogP contribution in [0.4, 0.5) is 10.1 Å². The zero-order valence-corrected chi connectivity index (χ0v) is 20.1. The van der Waals surface area contributed by atoms with Crippen molar-refractivity contribution in [1.29, 1.82) is 0 Å². The fourth-order valence-electron chi connectivity index (χ4n) is 2.67. The zero-order chi connectivity index (χ0) is 20.8. The van der Waals surface area contributed by atoms with E-state index in [9.17, 15) is 4.39 Å². The first-order valence-electron chi connectivity index (χ1n) is 8.97. The summed E-state index contributed by atoms with van der Waals surface area (Å²) in [6.07, 6.45) is 0. The second-order valence-electron chi connectivity index (χ2n) is 6.24. The van der Waals surface area contributed by atoms with E-state index in [1.807, 2.05) is 31.2 Å². The van der Waals surface area contributed by atoms with E-state index in [0.29, 0.717) is 36.3 Å². The van der Waals surface area contributed by atoms with Crippen LogP contribution in [0.2, 0.25) is 5.02 Å². The Balaban J connectivity index is 1.74. The van der Waals surface area contributed by atoms with Crippen LogP contribution >= 0.6 is 50.1 Å². The van der Waals surface area contributed by atoms with Gasteiger partial charge in [-0.3, -0.25) is 0 Å². The Hall–Kier alpha value is -1.51. The van der Waals surface area contributed by atoms with Crippen molar-refractivity contribution in [2.75, 3.05) is 11.9 Å². The minimum atomic E-state index is -0.262. The Morgan fingerprint density at radius 1 is 1.03 bits per heavy atom. The summed E-state index contributed by atoms with van der Waals surface area (Å²) in [6.45, 7) is 3.42. The van der Waals surface area contributed by atoms with E-state index < -0.39 is 0 Å². The third-order valence-electron chi connectivity index (χ3n) is 4.08. The van der Waals surface area contributed by atoms with E-state index in [-0.39, 0.29) is 5.82 Å². The van der Waals surface area contributed by atoms with Crippen molar-refractivity contribution in [1.82, 2.24) is 0 Å². The van der Waals surface area contributed by atoms with Crippen LogP contribution in [0.15, 0.2) is 59.1 Å². The first kappa shape index (κ1) is 22.2. The molecule has 0 heterocycles. The van der Waals surface area contributed by atoms with Gasteiger partial charge in [-0.2, -0.15) is 0 Å². The van der Waals surface area contributed by atoms with E-state index in [1.165, 1.54) is 12.1 Å². The van der Waals surface area contributed by atoms with E-state index in [0.717, 1.165) is 24.9 Å². The van der Waals surface area contributed by atoms with Crippen molar-refractivity contribution in [2.45, 2.75) is 20.1 Å². The van der Waals surface area contributed by atoms with Crippen LogP contribution in [0.5, 0.6) is 11.5 Å². The Bertz CT molecular complexity index is 985. The molecule has 152 valence electrons. The minimum Gasteiger partial charge on any atom is -0.490 e. The van der Waals surface area contributed by atoms with Gasteiger partial charge >= 0.3 is 0 Å². The first-order chi connectivity index (χ1) is 14.0. The highest BCUT2D eigenvalue weighted by Gasteiger charge is 2.13. The molecule has 0 atom stereocenters. The lowest BCUT2D eigenvalue weighted by atomic mass is 10.2. The van der Waals surface area contributed by atoms with Crippen LogP contribution in [0.25, 0.3) is 0 Å². The molecule has 1 N–H and O–H groups in total. The molecule has 29 heavy (non-hydrogen) atoms. The van der Waals surface area contributed by atoms with Gasteiger partial charge in [-0.15, -0.1) is 0 Å². The summed E-state index contributed by atoms with van der Waals surface area (Å²) in [5.41, 5.74) is 2.89. The highest BCUT2D eigenvalue weighted by Crippen LogP contribution is 2.35. The number of rotatable bonds is 8. The van der Waals surface area contributed by atoms with Crippen LogP contribution in [0.1, 0.15) is 18.1 Å². The molecule has 0 aliphatic rings. The molecular weight excluding hydrogens is 572 g/mol. The maximum atomic E-state index is 13.1. The molecule has 0 unspecified atom stereocenters. The van der Waals surface area contributed by atoms with Gasteiger partial charge in [0, 0.05) is 16.7 Å². The molecule has 0 aliphatic heterocycles. The first-order valence-corrected chi connectivity index (χ1v) is 11.2. The predicted molar refractivity (Wildman–Crippen MR) is 128 cm³/mol. The number of hydrogen-bond donors (Lipinski definition) is 1. The monoisotopic (exact) mass is 589 g/mol. The van der Waals surface area contributed by atoms with Crippen LogP contribution in [-0.4, -0.2) is 6.61 Å². The zero-order valence-electron chi connectivity index (χ0n) is 15.6. The molecule has 0 amide bonds. The van der Waals surface area contributed by atoms with Gasteiger partial charge in [-0.25, -0.2) is 4.39 Å². The summed E-state index contributed by atoms with van der Waals surface area (Å²) in [4.78, 5) is 0. The number of benzene rings is 3. The Labute approximate surface area is 196 Å². The quantitative estimate of drug-likeness (QED) is 0.277. The molecule has 0 saturated carbocycles. The average Bonchev–Trinajstić information content (AvgIpc) is 2.70. The number of hydrogen-bond acceptors (Lipinski definition) is 3. The molecule has 3 nitrogen and oxygen atoms in total. The van der Waals surface area contributed by atoms with Gasteiger partial charge in [-0.05, 0) is 99.0 Å². The van der Waals surface area contributed by atoms with E-state index in [2.05, 4.69) is 49.9 Å². The summed E-state index contributed by atoms with van der Waals surface area (Å²) in [5, 5.41) is 4.02. The second-order valence-corrected chi connectivity index (χ2v) is 8.66. The highest BCUT2D eigenvalue weighted by molar-refractivity contribution is 14.1. The van der Waals surface area contributed by atoms with Crippen LogP contribution in [0, 0.1) is 9.39 Å². The molecule has 0 aromatic heterocycles. The third kappa shape index (κ3) is 6.23. The van der Waals surface area contributed by atoms with Crippen LogP contribution in [0.3, 0.4) is 0 Å². The summed E-state index contributed by atoms with van der Waals surface area (Å²) in [6, 6.07) is 16.0. The summed E-state index contributed by atoms with van der Waals surface area (Å²) < 4.78 is 26.7. The van der Waals surface area contributed by atoms with Crippen molar-refractivity contribution >= 4 is 55.8 Å². The Morgan fingerprint density at radius 3 is 2.48 bits per heavy atom. The van der Waals surface area contributed by atoms with Gasteiger partial charge in [-0.1, -0.05) is 23.7 Å². The maximum absolute atomic E-state index is 13.1. The predicted octanol–water partition coefficient (Wildman–Crippen LogP) is 7.44.